The molecule has 1 aromatic carbocycles. The summed E-state index contributed by atoms with van der Waals surface area (Å²) >= 11 is 0. The standard InChI is InChI=1S/C16H19FO4/c1-3-19-16(18)8-7-14-13(5-4-6-15(14)17)11(2)20-9-12-10-21-12/h4-8,11-12H,3,9-10H2,1-2H3/b8-7+/t11-,12?/m1/s1. The van der Waals surface area contributed by atoms with Crippen LogP contribution in [0.25, 0.3) is 6.08 Å². The van der Waals surface area contributed by atoms with Crippen LogP contribution in [0, 0.1) is 5.82 Å². The van der Waals surface area contributed by atoms with Gasteiger partial charge in [0.15, 0.2) is 0 Å². The van der Waals surface area contributed by atoms with Gasteiger partial charge in [0.05, 0.1) is 25.9 Å². The molecule has 0 N–H and O–H groups in total. The first kappa shape index (κ1) is 15.7. The van der Waals surface area contributed by atoms with Crippen LogP contribution in [0.1, 0.15) is 31.1 Å². The molecule has 1 heterocycles. The second-order valence-corrected chi connectivity index (χ2v) is 4.76. The number of halogens is 1. The lowest BCUT2D eigenvalue weighted by Gasteiger charge is -2.15. The minimum atomic E-state index is -0.494. The van der Waals surface area contributed by atoms with E-state index >= 15 is 0 Å². The highest BCUT2D eigenvalue weighted by atomic mass is 19.1. The summed E-state index contributed by atoms with van der Waals surface area (Å²) < 4.78 is 29.5. The molecule has 0 amide bonds. The fourth-order valence-corrected chi connectivity index (χ4v) is 1.93. The molecule has 5 heteroatoms. The predicted octanol–water partition coefficient (Wildman–Crippen LogP) is 2.88. The van der Waals surface area contributed by atoms with Gasteiger partial charge in [-0.25, -0.2) is 9.18 Å². The Morgan fingerprint density at radius 3 is 3.00 bits per heavy atom. The Kier molecular flexibility index (Phi) is 5.47. The van der Waals surface area contributed by atoms with Crippen LogP contribution < -0.4 is 0 Å². The summed E-state index contributed by atoms with van der Waals surface area (Å²) in [7, 11) is 0. The molecule has 0 aliphatic carbocycles. The van der Waals surface area contributed by atoms with Crippen molar-refractivity contribution in [3.05, 3.63) is 41.2 Å². The predicted molar refractivity (Wildman–Crippen MR) is 76.2 cm³/mol. The Hall–Kier alpha value is -1.72. The number of carbonyl (C=O) groups excluding carboxylic acids is 1. The number of carbonyl (C=O) groups is 1. The van der Waals surface area contributed by atoms with E-state index in [1.54, 1.807) is 19.1 Å². The van der Waals surface area contributed by atoms with Crippen LogP contribution in [-0.4, -0.2) is 31.9 Å². The summed E-state index contributed by atoms with van der Waals surface area (Å²) in [6, 6.07) is 4.76. The molecular formula is C16H19FO4. The van der Waals surface area contributed by atoms with Gasteiger partial charge in [0.2, 0.25) is 0 Å². The largest absolute Gasteiger partial charge is 0.463 e. The Morgan fingerprint density at radius 1 is 1.57 bits per heavy atom. The molecule has 1 aliphatic rings. The number of hydrogen-bond donors (Lipinski definition) is 0. The minimum absolute atomic E-state index is 0.152. The highest BCUT2D eigenvalue weighted by Gasteiger charge is 2.24. The maximum Gasteiger partial charge on any atom is 0.330 e. The van der Waals surface area contributed by atoms with Crippen LogP contribution in [0.2, 0.25) is 0 Å². The Morgan fingerprint density at radius 2 is 2.33 bits per heavy atom. The number of rotatable bonds is 7. The third kappa shape index (κ3) is 4.65. The first-order valence-corrected chi connectivity index (χ1v) is 6.98. The molecule has 1 fully saturated rings. The molecule has 0 bridgehead atoms. The smallest absolute Gasteiger partial charge is 0.330 e. The van der Waals surface area contributed by atoms with Gasteiger partial charge in [-0.2, -0.15) is 0 Å². The van der Waals surface area contributed by atoms with E-state index in [4.69, 9.17) is 14.2 Å². The van der Waals surface area contributed by atoms with Gasteiger partial charge in [-0.05, 0) is 31.6 Å². The highest BCUT2D eigenvalue weighted by molar-refractivity contribution is 5.87. The van der Waals surface area contributed by atoms with E-state index in [9.17, 15) is 9.18 Å². The van der Waals surface area contributed by atoms with Crippen molar-refractivity contribution in [1.82, 2.24) is 0 Å². The molecule has 1 saturated heterocycles. The van der Waals surface area contributed by atoms with E-state index in [0.717, 1.165) is 0 Å². The quantitative estimate of drug-likeness (QED) is 0.441. The van der Waals surface area contributed by atoms with Crippen molar-refractivity contribution in [3.8, 4) is 0 Å². The van der Waals surface area contributed by atoms with Gasteiger partial charge in [0.1, 0.15) is 11.9 Å². The zero-order valence-corrected chi connectivity index (χ0v) is 12.2. The van der Waals surface area contributed by atoms with E-state index in [-0.39, 0.29) is 18.8 Å². The van der Waals surface area contributed by atoms with E-state index in [0.29, 0.717) is 24.3 Å². The van der Waals surface area contributed by atoms with Crippen LogP contribution >= 0.6 is 0 Å². The van der Waals surface area contributed by atoms with E-state index in [1.807, 2.05) is 6.92 Å². The minimum Gasteiger partial charge on any atom is -0.463 e. The molecule has 114 valence electrons. The molecule has 0 spiro atoms. The fourth-order valence-electron chi connectivity index (χ4n) is 1.93. The summed E-state index contributed by atoms with van der Waals surface area (Å²) in [5.41, 5.74) is 1.03. The van der Waals surface area contributed by atoms with Gasteiger partial charge in [0.25, 0.3) is 0 Å². The van der Waals surface area contributed by atoms with E-state index in [2.05, 4.69) is 0 Å². The average Bonchev–Trinajstić information content (AvgIpc) is 3.27. The Labute approximate surface area is 123 Å². The van der Waals surface area contributed by atoms with Crippen molar-refractivity contribution in [2.45, 2.75) is 26.1 Å². The van der Waals surface area contributed by atoms with Gasteiger partial charge < -0.3 is 14.2 Å². The highest BCUT2D eigenvalue weighted by Crippen LogP contribution is 2.26. The molecule has 0 saturated carbocycles. The monoisotopic (exact) mass is 294 g/mol. The number of ether oxygens (including phenoxy) is 3. The molecular weight excluding hydrogens is 275 g/mol. The average molecular weight is 294 g/mol. The summed E-state index contributed by atoms with van der Waals surface area (Å²) in [6.45, 7) is 5.05. The molecule has 2 atom stereocenters. The molecule has 1 aromatic rings. The molecule has 1 aliphatic heterocycles. The first-order chi connectivity index (χ1) is 10.1. The van der Waals surface area contributed by atoms with Crippen molar-refractivity contribution >= 4 is 12.0 Å². The zero-order chi connectivity index (χ0) is 15.2. The third-order valence-electron chi connectivity index (χ3n) is 3.13. The fraction of sp³-hybridized carbons (Fsp3) is 0.438. The Bertz CT molecular complexity index is 523. The van der Waals surface area contributed by atoms with Crippen LogP contribution in [-0.2, 0) is 19.0 Å². The Balaban J connectivity index is 2.12. The maximum absolute atomic E-state index is 14.0. The van der Waals surface area contributed by atoms with Gasteiger partial charge >= 0.3 is 5.97 Å². The number of epoxide rings is 1. The lowest BCUT2D eigenvalue weighted by Crippen LogP contribution is -2.08. The van der Waals surface area contributed by atoms with Crippen molar-refractivity contribution in [3.63, 3.8) is 0 Å². The summed E-state index contributed by atoms with van der Waals surface area (Å²) in [5, 5.41) is 0. The van der Waals surface area contributed by atoms with Crippen LogP contribution in [0.15, 0.2) is 24.3 Å². The molecule has 4 nitrogen and oxygen atoms in total. The number of esters is 1. The second-order valence-electron chi connectivity index (χ2n) is 4.76. The molecule has 0 radical (unpaired) electrons. The zero-order valence-electron chi connectivity index (χ0n) is 12.2. The topological polar surface area (TPSA) is 48.1 Å². The van der Waals surface area contributed by atoms with Gasteiger partial charge in [0, 0.05) is 11.6 Å². The maximum atomic E-state index is 14.0. The summed E-state index contributed by atoms with van der Waals surface area (Å²) in [5.74, 6) is -0.891. The summed E-state index contributed by atoms with van der Waals surface area (Å²) in [4.78, 5) is 11.4. The van der Waals surface area contributed by atoms with Gasteiger partial charge in [-0.15, -0.1) is 0 Å². The third-order valence-corrected chi connectivity index (χ3v) is 3.13. The van der Waals surface area contributed by atoms with Crippen LogP contribution in [0.5, 0.6) is 0 Å². The number of benzene rings is 1. The molecule has 21 heavy (non-hydrogen) atoms. The van der Waals surface area contributed by atoms with Crippen molar-refractivity contribution < 1.29 is 23.4 Å². The number of hydrogen-bond acceptors (Lipinski definition) is 4. The van der Waals surface area contributed by atoms with Gasteiger partial charge in [-0.1, -0.05) is 12.1 Å². The first-order valence-electron chi connectivity index (χ1n) is 6.98. The van der Waals surface area contributed by atoms with Crippen LogP contribution in [0.4, 0.5) is 4.39 Å². The molecule has 0 aromatic heterocycles. The second kappa shape index (κ2) is 7.33. The van der Waals surface area contributed by atoms with Crippen molar-refractivity contribution in [2.24, 2.45) is 0 Å². The van der Waals surface area contributed by atoms with E-state index < -0.39 is 11.8 Å². The molecule has 2 rings (SSSR count). The lowest BCUT2D eigenvalue weighted by molar-refractivity contribution is -0.137. The van der Waals surface area contributed by atoms with Gasteiger partial charge in [-0.3, -0.25) is 0 Å². The van der Waals surface area contributed by atoms with E-state index in [1.165, 1.54) is 18.2 Å². The normalized spacial score (nSPS) is 18.7. The SMILES string of the molecule is CCOC(=O)/C=C/c1c(F)cccc1[C@@H](C)OCC1CO1. The van der Waals surface area contributed by atoms with Crippen molar-refractivity contribution in [2.75, 3.05) is 19.8 Å². The van der Waals surface area contributed by atoms with Crippen molar-refractivity contribution in [1.29, 1.82) is 0 Å². The lowest BCUT2D eigenvalue weighted by atomic mass is 10.0. The summed E-state index contributed by atoms with van der Waals surface area (Å²) in [6.07, 6.45) is 2.52. The molecule has 1 unspecified atom stereocenters. The van der Waals surface area contributed by atoms with Crippen LogP contribution in [0.3, 0.4) is 0 Å².